The number of nitrogens with zero attached hydrogens (tertiary/aromatic N) is 3. The van der Waals surface area contributed by atoms with Crippen LogP contribution in [0.2, 0.25) is 0 Å². The zero-order valence-electron chi connectivity index (χ0n) is 16.3. The van der Waals surface area contributed by atoms with Crippen molar-refractivity contribution in [2.45, 2.75) is 24.7 Å². The predicted octanol–water partition coefficient (Wildman–Crippen LogP) is 1.41. The molecule has 0 aliphatic carbocycles. The monoisotopic (exact) mass is 435 g/mol. The van der Waals surface area contributed by atoms with Crippen molar-refractivity contribution in [2.24, 2.45) is 5.73 Å². The molecule has 2 aromatic rings. The lowest BCUT2D eigenvalue weighted by Gasteiger charge is -2.28. The molecular weight excluding hydrogens is 410 g/mol. The van der Waals surface area contributed by atoms with Gasteiger partial charge < -0.3 is 16.0 Å². The highest BCUT2D eigenvalue weighted by molar-refractivity contribution is 7.89. The van der Waals surface area contributed by atoms with Crippen LogP contribution < -0.4 is 16.0 Å². The van der Waals surface area contributed by atoms with Crippen LogP contribution >= 0.6 is 11.3 Å². The number of sulfonamides is 1. The molecule has 0 saturated carbocycles. The lowest BCUT2D eigenvalue weighted by Crippen LogP contribution is -2.46. The van der Waals surface area contributed by atoms with Crippen molar-refractivity contribution < 1.29 is 13.2 Å². The van der Waals surface area contributed by atoms with Crippen LogP contribution in [0.15, 0.2) is 23.2 Å². The molecule has 156 valence electrons. The number of amides is 1. The van der Waals surface area contributed by atoms with Crippen molar-refractivity contribution >= 4 is 33.0 Å². The molecule has 1 aromatic carbocycles. The van der Waals surface area contributed by atoms with Gasteiger partial charge in [0.05, 0.1) is 16.1 Å². The van der Waals surface area contributed by atoms with Gasteiger partial charge in [-0.25, -0.2) is 13.4 Å². The highest BCUT2D eigenvalue weighted by Gasteiger charge is 2.31. The molecule has 0 atom stereocenters. The molecular formula is C19H25N5O3S2. The minimum absolute atomic E-state index is 0.0963. The molecule has 0 bridgehead atoms. The molecule has 8 nitrogen and oxygen atoms in total. The zero-order chi connectivity index (χ0) is 20.6. The summed E-state index contributed by atoms with van der Waals surface area (Å²) in [4.78, 5) is 20.1. The molecule has 10 heteroatoms. The molecule has 1 amide bonds. The van der Waals surface area contributed by atoms with Gasteiger partial charge in [0, 0.05) is 55.9 Å². The largest absolute Gasteiger partial charge is 0.370 e. The van der Waals surface area contributed by atoms with Crippen molar-refractivity contribution in [1.29, 1.82) is 0 Å². The third-order valence-corrected chi connectivity index (χ3v) is 8.16. The summed E-state index contributed by atoms with van der Waals surface area (Å²) in [6.45, 7) is 5.57. The normalized spacial score (nSPS) is 18.3. The summed E-state index contributed by atoms with van der Waals surface area (Å²) < 4.78 is 28.1. The number of nitrogens with two attached hydrogens (primary N) is 1. The number of thiazole rings is 1. The van der Waals surface area contributed by atoms with Gasteiger partial charge in [-0.15, -0.1) is 11.3 Å². The van der Waals surface area contributed by atoms with Crippen LogP contribution in [0.4, 0.5) is 5.69 Å². The predicted molar refractivity (Wildman–Crippen MR) is 114 cm³/mol. The number of piperazine rings is 1. The molecule has 0 unspecified atom stereocenters. The third-order valence-electron chi connectivity index (χ3n) is 5.34. The first-order valence-corrected chi connectivity index (χ1v) is 12.0. The molecule has 2 fully saturated rings. The van der Waals surface area contributed by atoms with E-state index in [1.807, 2.05) is 6.92 Å². The molecule has 0 radical (unpaired) electrons. The number of aromatic nitrogens is 1. The second-order valence-corrected chi connectivity index (χ2v) is 10.5. The van der Waals surface area contributed by atoms with E-state index in [4.69, 9.17) is 5.73 Å². The fourth-order valence-corrected chi connectivity index (χ4v) is 6.18. The van der Waals surface area contributed by atoms with E-state index in [-0.39, 0.29) is 10.5 Å². The molecule has 3 heterocycles. The summed E-state index contributed by atoms with van der Waals surface area (Å²) in [5.41, 5.74) is 7.33. The van der Waals surface area contributed by atoms with E-state index in [0.717, 1.165) is 30.8 Å². The van der Waals surface area contributed by atoms with Crippen molar-refractivity contribution in [3.05, 3.63) is 28.8 Å². The third kappa shape index (κ3) is 3.89. The van der Waals surface area contributed by atoms with Crippen LogP contribution in [0.5, 0.6) is 0 Å². The van der Waals surface area contributed by atoms with E-state index in [0.29, 0.717) is 42.4 Å². The minimum atomic E-state index is -3.74. The number of hydrogen-bond acceptors (Lipinski definition) is 7. The Morgan fingerprint density at radius 1 is 1.17 bits per heavy atom. The molecule has 2 aliphatic heterocycles. The zero-order valence-corrected chi connectivity index (χ0v) is 18.0. The van der Waals surface area contributed by atoms with Crippen LogP contribution in [-0.2, 0) is 10.0 Å². The van der Waals surface area contributed by atoms with E-state index in [1.54, 1.807) is 12.3 Å². The lowest BCUT2D eigenvalue weighted by molar-refractivity contribution is 0.100. The summed E-state index contributed by atoms with van der Waals surface area (Å²) in [5.74, 6) is -0.626. The topological polar surface area (TPSA) is 109 Å². The van der Waals surface area contributed by atoms with Crippen molar-refractivity contribution in [3.8, 4) is 10.6 Å². The van der Waals surface area contributed by atoms with Gasteiger partial charge in [-0.2, -0.15) is 4.31 Å². The lowest BCUT2D eigenvalue weighted by atomic mass is 10.1. The fourth-order valence-electron chi connectivity index (χ4n) is 3.90. The number of carbonyl (C=O) groups excluding carboxylic acids is 1. The highest BCUT2D eigenvalue weighted by Crippen LogP contribution is 2.40. The first kappa shape index (κ1) is 20.3. The molecule has 3 N–H and O–H groups in total. The summed E-state index contributed by atoms with van der Waals surface area (Å²) >= 11 is 1.48. The maximum Gasteiger partial charge on any atom is 0.250 e. The van der Waals surface area contributed by atoms with Crippen molar-refractivity contribution in [2.75, 3.05) is 44.2 Å². The average Bonchev–Trinajstić information content (AvgIpc) is 3.39. The second kappa shape index (κ2) is 8.02. The molecule has 4 rings (SSSR count). The maximum atomic E-state index is 13.3. The number of nitrogens with one attached hydrogen (secondary N) is 1. The minimum Gasteiger partial charge on any atom is -0.370 e. The molecule has 29 heavy (non-hydrogen) atoms. The van der Waals surface area contributed by atoms with Gasteiger partial charge in [0.1, 0.15) is 5.01 Å². The van der Waals surface area contributed by atoms with Gasteiger partial charge in [0.25, 0.3) is 5.91 Å². The van der Waals surface area contributed by atoms with E-state index >= 15 is 0 Å². The number of benzene rings is 1. The van der Waals surface area contributed by atoms with E-state index in [1.165, 1.54) is 21.7 Å². The van der Waals surface area contributed by atoms with Crippen LogP contribution in [-0.4, -0.2) is 62.9 Å². The summed E-state index contributed by atoms with van der Waals surface area (Å²) in [6.07, 6.45) is 3.81. The number of carbonyl (C=O) groups is 1. The quantitative estimate of drug-likeness (QED) is 0.735. The average molecular weight is 436 g/mol. The van der Waals surface area contributed by atoms with Gasteiger partial charge in [0.15, 0.2) is 0 Å². The van der Waals surface area contributed by atoms with Gasteiger partial charge in [-0.1, -0.05) is 0 Å². The van der Waals surface area contributed by atoms with Gasteiger partial charge >= 0.3 is 0 Å². The Morgan fingerprint density at radius 3 is 2.45 bits per heavy atom. The number of primary amides is 1. The Labute approximate surface area is 174 Å². The van der Waals surface area contributed by atoms with Gasteiger partial charge in [-0.05, 0) is 31.9 Å². The van der Waals surface area contributed by atoms with Gasteiger partial charge in [0.2, 0.25) is 10.0 Å². The van der Waals surface area contributed by atoms with Crippen LogP contribution in [0.25, 0.3) is 10.6 Å². The van der Waals surface area contributed by atoms with E-state index in [9.17, 15) is 13.2 Å². The summed E-state index contributed by atoms with van der Waals surface area (Å²) in [6, 6.07) is 3.10. The van der Waals surface area contributed by atoms with Crippen molar-refractivity contribution in [3.63, 3.8) is 0 Å². The number of aryl methyl sites for hydroxylation is 1. The van der Waals surface area contributed by atoms with Gasteiger partial charge in [-0.3, -0.25) is 4.79 Å². The molecule has 2 saturated heterocycles. The first-order valence-electron chi connectivity index (χ1n) is 9.74. The van der Waals surface area contributed by atoms with Crippen LogP contribution in [0.3, 0.4) is 0 Å². The van der Waals surface area contributed by atoms with Crippen molar-refractivity contribution in [1.82, 2.24) is 14.6 Å². The van der Waals surface area contributed by atoms with Crippen LogP contribution in [0.1, 0.15) is 28.1 Å². The second-order valence-electron chi connectivity index (χ2n) is 7.36. The number of anilines is 1. The molecule has 0 spiro atoms. The molecule has 2 aliphatic rings. The Bertz CT molecular complexity index is 1020. The first-order chi connectivity index (χ1) is 13.9. The summed E-state index contributed by atoms with van der Waals surface area (Å²) in [7, 11) is -3.74. The standard InChI is InChI=1S/C19H25N5O3S2/c1-13-12-22-19(28-13)16-11-14(29(26,27)24-8-4-21-5-9-24)10-15(18(20)25)17(16)23-6-2-3-7-23/h10-12,21H,2-9H2,1H3,(H2,20,25). The highest BCUT2D eigenvalue weighted by atomic mass is 32.2. The number of hydrogen-bond donors (Lipinski definition) is 2. The Morgan fingerprint density at radius 2 is 1.86 bits per heavy atom. The SMILES string of the molecule is Cc1cnc(-c2cc(S(=O)(=O)N3CCNCC3)cc(C(N)=O)c2N2CCCC2)s1. The fraction of sp³-hybridized carbons (Fsp3) is 0.474. The Kier molecular flexibility index (Phi) is 5.60. The Balaban J connectivity index is 1.92. The van der Waals surface area contributed by atoms with E-state index < -0.39 is 15.9 Å². The smallest absolute Gasteiger partial charge is 0.250 e. The molecule has 1 aromatic heterocycles. The summed E-state index contributed by atoms with van der Waals surface area (Å²) in [5, 5.41) is 3.86. The number of rotatable bonds is 5. The van der Waals surface area contributed by atoms with Crippen LogP contribution in [0, 0.1) is 6.92 Å². The maximum absolute atomic E-state index is 13.3. The van der Waals surface area contributed by atoms with E-state index in [2.05, 4.69) is 15.2 Å². The Hall–Kier alpha value is -2.01.